The summed E-state index contributed by atoms with van der Waals surface area (Å²) in [5.41, 5.74) is 0. The van der Waals surface area contributed by atoms with Crippen molar-refractivity contribution in [3.8, 4) is 0 Å². The Labute approximate surface area is 126 Å². The number of aliphatic carboxylic acids is 1. The van der Waals surface area contributed by atoms with Crippen molar-refractivity contribution in [1.29, 1.82) is 0 Å². The number of hydrogen-bond donors (Lipinski definition) is 2. The third kappa shape index (κ3) is 5.00. The monoisotopic (exact) mass is 313 g/mol. The van der Waals surface area contributed by atoms with Crippen molar-refractivity contribution >= 4 is 23.6 Å². The predicted molar refractivity (Wildman–Crippen MR) is 75.7 cm³/mol. The van der Waals surface area contributed by atoms with Gasteiger partial charge in [0, 0.05) is 6.04 Å². The molecule has 2 rings (SSSR count). The van der Waals surface area contributed by atoms with Crippen molar-refractivity contribution in [3.05, 3.63) is 0 Å². The molecule has 9 heteroatoms. The average Bonchev–Trinajstić information content (AvgIpc) is 2.85. The lowest BCUT2D eigenvalue weighted by Gasteiger charge is -2.26. The van der Waals surface area contributed by atoms with Gasteiger partial charge in [-0.25, -0.2) is 4.68 Å². The Morgan fingerprint density at radius 1 is 1.38 bits per heavy atom. The van der Waals surface area contributed by atoms with E-state index in [1.54, 1.807) is 0 Å². The van der Waals surface area contributed by atoms with E-state index >= 15 is 0 Å². The van der Waals surface area contributed by atoms with E-state index < -0.39 is 5.97 Å². The lowest BCUT2D eigenvalue weighted by Crippen LogP contribution is -2.38. The number of carbonyl (C=O) groups excluding carboxylic acids is 1. The zero-order chi connectivity index (χ0) is 15.2. The largest absolute Gasteiger partial charge is 0.480 e. The van der Waals surface area contributed by atoms with Gasteiger partial charge in [0.2, 0.25) is 11.1 Å². The lowest BCUT2D eigenvalue weighted by molar-refractivity contribution is -0.138. The van der Waals surface area contributed by atoms with E-state index in [0.717, 1.165) is 43.4 Å². The third-order valence-electron chi connectivity index (χ3n) is 3.50. The summed E-state index contributed by atoms with van der Waals surface area (Å²) in [7, 11) is 0. The van der Waals surface area contributed by atoms with Crippen LogP contribution in [0.5, 0.6) is 0 Å². The van der Waals surface area contributed by atoms with E-state index in [1.165, 1.54) is 4.68 Å². The van der Waals surface area contributed by atoms with Gasteiger partial charge in [0.1, 0.15) is 6.54 Å². The van der Waals surface area contributed by atoms with Crippen LogP contribution in [-0.4, -0.2) is 49.0 Å². The molecule has 0 unspecified atom stereocenters. The van der Waals surface area contributed by atoms with Gasteiger partial charge in [-0.1, -0.05) is 18.7 Å². The number of thioether (sulfide) groups is 1. The molecule has 1 saturated carbocycles. The molecule has 21 heavy (non-hydrogen) atoms. The van der Waals surface area contributed by atoms with Crippen LogP contribution in [0.2, 0.25) is 0 Å². The van der Waals surface area contributed by atoms with E-state index in [4.69, 9.17) is 5.11 Å². The zero-order valence-corrected chi connectivity index (χ0v) is 12.7. The van der Waals surface area contributed by atoms with E-state index in [1.807, 2.05) is 0 Å². The van der Waals surface area contributed by atoms with Gasteiger partial charge in [-0.2, -0.15) is 0 Å². The average molecular weight is 313 g/mol. The maximum absolute atomic E-state index is 11.9. The number of nitrogens with one attached hydrogen (secondary N) is 1. The van der Waals surface area contributed by atoms with Crippen molar-refractivity contribution in [2.75, 3.05) is 5.75 Å². The molecular weight excluding hydrogens is 294 g/mol. The molecule has 1 aromatic rings. The van der Waals surface area contributed by atoms with Gasteiger partial charge in [0.25, 0.3) is 0 Å². The molecule has 1 heterocycles. The molecule has 1 fully saturated rings. The molecular formula is C12H19N5O3S. The summed E-state index contributed by atoms with van der Waals surface area (Å²) < 4.78 is 1.17. The quantitative estimate of drug-likeness (QED) is 0.738. The van der Waals surface area contributed by atoms with Crippen molar-refractivity contribution in [2.24, 2.45) is 5.92 Å². The van der Waals surface area contributed by atoms with Crippen LogP contribution < -0.4 is 5.32 Å². The summed E-state index contributed by atoms with van der Waals surface area (Å²) in [5, 5.41) is 22.8. The minimum Gasteiger partial charge on any atom is -0.480 e. The number of carboxylic acid groups (broad SMARTS) is 1. The van der Waals surface area contributed by atoms with Crippen LogP contribution >= 0.6 is 11.8 Å². The highest BCUT2D eigenvalue weighted by Gasteiger charge is 2.20. The summed E-state index contributed by atoms with van der Waals surface area (Å²) in [5.74, 6) is -0.158. The van der Waals surface area contributed by atoms with Crippen molar-refractivity contribution in [2.45, 2.75) is 50.4 Å². The fraction of sp³-hybridized carbons (Fsp3) is 0.750. The second kappa shape index (κ2) is 7.39. The van der Waals surface area contributed by atoms with Crippen molar-refractivity contribution in [1.82, 2.24) is 25.5 Å². The summed E-state index contributed by atoms with van der Waals surface area (Å²) >= 11 is 1.14. The molecule has 0 radical (unpaired) electrons. The normalized spacial score (nSPS) is 22.0. The molecule has 1 aliphatic rings. The van der Waals surface area contributed by atoms with Gasteiger partial charge in [0.05, 0.1) is 5.75 Å². The summed E-state index contributed by atoms with van der Waals surface area (Å²) in [6, 6.07) is 0.254. The van der Waals surface area contributed by atoms with E-state index in [0.29, 0.717) is 5.16 Å². The first-order valence-electron chi connectivity index (χ1n) is 6.94. The summed E-state index contributed by atoms with van der Waals surface area (Å²) in [4.78, 5) is 22.5. The fourth-order valence-electron chi connectivity index (χ4n) is 2.33. The maximum Gasteiger partial charge on any atom is 0.325 e. The van der Waals surface area contributed by atoms with Crippen molar-refractivity contribution < 1.29 is 14.7 Å². The molecule has 0 aromatic carbocycles. The second-order valence-corrected chi connectivity index (χ2v) is 6.27. The van der Waals surface area contributed by atoms with Crippen molar-refractivity contribution in [3.63, 3.8) is 0 Å². The molecule has 1 amide bonds. The number of aromatic nitrogens is 4. The zero-order valence-electron chi connectivity index (χ0n) is 11.9. The number of carboxylic acids is 1. The molecule has 0 aliphatic heterocycles. The van der Waals surface area contributed by atoms with E-state index in [-0.39, 0.29) is 24.2 Å². The number of tetrazole rings is 1. The molecule has 1 aromatic heterocycles. The molecule has 2 N–H and O–H groups in total. The number of carbonyl (C=O) groups is 2. The molecule has 0 bridgehead atoms. The first-order valence-corrected chi connectivity index (χ1v) is 7.93. The minimum absolute atomic E-state index is 0.0653. The highest BCUT2D eigenvalue weighted by atomic mass is 32.2. The Morgan fingerprint density at radius 3 is 2.76 bits per heavy atom. The smallest absolute Gasteiger partial charge is 0.325 e. The summed E-state index contributed by atoms with van der Waals surface area (Å²) in [6.07, 6.45) is 4.34. The Bertz CT molecular complexity index is 499. The van der Waals surface area contributed by atoms with Crippen LogP contribution in [0.3, 0.4) is 0 Å². The van der Waals surface area contributed by atoms with Gasteiger partial charge < -0.3 is 10.4 Å². The minimum atomic E-state index is -1.02. The maximum atomic E-state index is 11.9. The number of hydrogen-bond acceptors (Lipinski definition) is 6. The number of nitrogens with zero attached hydrogens (tertiary/aromatic N) is 4. The van der Waals surface area contributed by atoms with Gasteiger partial charge in [-0.05, 0) is 42.0 Å². The molecule has 116 valence electrons. The first-order chi connectivity index (χ1) is 10.0. The van der Waals surface area contributed by atoms with Crippen LogP contribution in [0.1, 0.15) is 32.6 Å². The van der Waals surface area contributed by atoms with Gasteiger partial charge >= 0.3 is 5.97 Å². The molecule has 1 aliphatic carbocycles. The molecule has 0 saturated heterocycles. The fourth-order valence-corrected chi connectivity index (χ4v) is 3.02. The second-order valence-electron chi connectivity index (χ2n) is 5.33. The Morgan fingerprint density at radius 2 is 2.10 bits per heavy atom. The Hall–Kier alpha value is -1.64. The van der Waals surface area contributed by atoms with Gasteiger partial charge in [-0.15, -0.1) is 5.10 Å². The number of amides is 1. The highest BCUT2D eigenvalue weighted by molar-refractivity contribution is 7.99. The Kier molecular flexibility index (Phi) is 5.54. The SMILES string of the molecule is CC1CCC(NC(=O)CSc2nnnn2CC(=O)O)CC1. The lowest BCUT2D eigenvalue weighted by atomic mass is 9.87. The predicted octanol–water partition coefficient (Wildman–Crippen LogP) is 0.545. The van der Waals surface area contributed by atoms with Crippen LogP contribution in [0, 0.1) is 5.92 Å². The standard InChI is InChI=1S/C12H19N5O3S/c1-8-2-4-9(5-3-8)13-10(18)7-21-12-14-15-16-17(12)6-11(19)20/h8-9H,2-7H2,1H3,(H,13,18)(H,19,20). The van der Waals surface area contributed by atoms with Gasteiger partial charge in [0.15, 0.2) is 0 Å². The number of rotatable bonds is 6. The molecule has 8 nitrogen and oxygen atoms in total. The van der Waals surface area contributed by atoms with Gasteiger partial charge in [-0.3, -0.25) is 9.59 Å². The van der Waals surface area contributed by atoms with E-state index in [9.17, 15) is 9.59 Å². The molecule has 0 spiro atoms. The van der Waals surface area contributed by atoms with Crippen LogP contribution in [0.15, 0.2) is 5.16 Å². The summed E-state index contributed by atoms with van der Waals surface area (Å²) in [6.45, 7) is 1.92. The molecule has 0 atom stereocenters. The topological polar surface area (TPSA) is 110 Å². The Balaban J connectivity index is 1.76. The van der Waals surface area contributed by atoms with E-state index in [2.05, 4.69) is 27.8 Å². The third-order valence-corrected chi connectivity index (χ3v) is 4.45. The van der Waals surface area contributed by atoms with Crippen LogP contribution in [-0.2, 0) is 16.1 Å². The van der Waals surface area contributed by atoms with Crippen LogP contribution in [0.25, 0.3) is 0 Å². The van der Waals surface area contributed by atoms with Crippen LogP contribution in [0.4, 0.5) is 0 Å². The first kappa shape index (κ1) is 15.7. The highest BCUT2D eigenvalue weighted by Crippen LogP contribution is 2.23.